The number of hydrogen-bond acceptors (Lipinski definition) is 3. The van der Waals surface area contributed by atoms with E-state index in [9.17, 15) is 14.0 Å². The van der Waals surface area contributed by atoms with Crippen LogP contribution in [0.5, 0.6) is 0 Å². The molecule has 33 heavy (non-hydrogen) atoms. The van der Waals surface area contributed by atoms with Gasteiger partial charge in [0.15, 0.2) is 0 Å². The number of alkyl carbamates (subject to hydrolysis) is 1. The molecule has 0 radical (unpaired) electrons. The zero-order chi connectivity index (χ0) is 23.2. The number of carboxylic acid groups (broad SMARTS) is 1. The number of carboxylic acids is 1. The van der Waals surface area contributed by atoms with Crippen LogP contribution in [0, 0.1) is 5.82 Å². The summed E-state index contributed by atoms with van der Waals surface area (Å²) in [6, 6.07) is 20.7. The smallest absolute Gasteiger partial charge is 0.407 e. The Kier molecular flexibility index (Phi) is 6.83. The lowest BCUT2D eigenvalue weighted by Gasteiger charge is -2.14. The fraction of sp³-hybridized carbons (Fsp3) is 0.185. The molecule has 168 valence electrons. The summed E-state index contributed by atoms with van der Waals surface area (Å²) in [6.45, 7) is 0.647. The highest BCUT2D eigenvalue weighted by atomic mass is 19.1. The van der Waals surface area contributed by atoms with Crippen LogP contribution in [0.1, 0.15) is 34.6 Å². The second-order valence-electron chi connectivity index (χ2n) is 7.86. The minimum atomic E-state index is -1.08. The van der Waals surface area contributed by atoms with E-state index in [4.69, 9.17) is 9.84 Å². The monoisotopic (exact) mass is 445 g/mol. The van der Waals surface area contributed by atoms with Gasteiger partial charge in [-0.25, -0.2) is 9.18 Å². The molecule has 5 nitrogen and oxygen atoms in total. The van der Waals surface area contributed by atoms with Crippen molar-refractivity contribution in [3.05, 3.63) is 101 Å². The maximum absolute atomic E-state index is 13.7. The summed E-state index contributed by atoms with van der Waals surface area (Å²) in [5.41, 5.74) is 5.53. The molecule has 0 spiro atoms. The van der Waals surface area contributed by atoms with Crippen LogP contribution in [0.2, 0.25) is 0 Å². The molecule has 3 aromatic carbocycles. The molecule has 1 aliphatic rings. The molecular formula is C27H24FNO4. The summed E-state index contributed by atoms with van der Waals surface area (Å²) in [7, 11) is 0. The number of hydrogen-bond donors (Lipinski definition) is 2. The van der Waals surface area contributed by atoms with Crippen molar-refractivity contribution < 1.29 is 23.8 Å². The Hall–Kier alpha value is -3.93. The second kappa shape index (κ2) is 10.1. The van der Waals surface area contributed by atoms with Crippen LogP contribution in [0.25, 0.3) is 17.2 Å². The average molecular weight is 445 g/mol. The van der Waals surface area contributed by atoms with E-state index in [1.54, 1.807) is 12.1 Å². The van der Waals surface area contributed by atoms with Crippen molar-refractivity contribution in [2.45, 2.75) is 18.8 Å². The molecule has 4 rings (SSSR count). The van der Waals surface area contributed by atoms with Crippen molar-refractivity contribution in [2.75, 3.05) is 13.2 Å². The minimum absolute atomic E-state index is 0.0153. The summed E-state index contributed by atoms with van der Waals surface area (Å²) in [5.74, 6) is -1.60. The maximum atomic E-state index is 13.7. The van der Waals surface area contributed by atoms with Crippen LogP contribution in [0.4, 0.5) is 9.18 Å². The average Bonchev–Trinajstić information content (AvgIpc) is 3.13. The lowest BCUT2D eigenvalue weighted by atomic mass is 9.98. The summed E-state index contributed by atoms with van der Waals surface area (Å²) in [6.07, 6.45) is 3.31. The van der Waals surface area contributed by atoms with Crippen LogP contribution in [0.3, 0.4) is 0 Å². The topological polar surface area (TPSA) is 75.6 Å². The number of carbonyl (C=O) groups is 2. The van der Waals surface area contributed by atoms with E-state index >= 15 is 0 Å². The van der Waals surface area contributed by atoms with Crippen molar-refractivity contribution in [3.8, 4) is 11.1 Å². The SMILES string of the molecule is O=C(O)Cc1cc(C=CCCNC(=O)OCC2c3ccccc3-c3ccccc32)ccc1F. The summed E-state index contributed by atoms with van der Waals surface area (Å²) < 4.78 is 19.2. The maximum Gasteiger partial charge on any atom is 0.407 e. The second-order valence-corrected chi connectivity index (χ2v) is 7.86. The molecular weight excluding hydrogens is 421 g/mol. The van der Waals surface area contributed by atoms with Gasteiger partial charge >= 0.3 is 12.1 Å². The van der Waals surface area contributed by atoms with Gasteiger partial charge in [0.05, 0.1) is 6.42 Å². The van der Waals surface area contributed by atoms with E-state index in [-0.39, 0.29) is 24.5 Å². The van der Waals surface area contributed by atoms with Crippen molar-refractivity contribution in [1.29, 1.82) is 0 Å². The highest BCUT2D eigenvalue weighted by Crippen LogP contribution is 2.44. The zero-order valence-electron chi connectivity index (χ0n) is 18.0. The minimum Gasteiger partial charge on any atom is -0.481 e. The van der Waals surface area contributed by atoms with Crippen LogP contribution in [-0.2, 0) is 16.0 Å². The molecule has 6 heteroatoms. The normalized spacial score (nSPS) is 12.4. The molecule has 2 N–H and O–H groups in total. The number of amides is 1. The fourth-order valence-corrected chi connectivity index (χ4v) is 4.12. The number of benzene rings is 3. The van der Waals surface area contributed by atoms with Crippen LogP contribution in [-0.4, -0.2) is 30.3 Å². The third kappa shape index (κ3) is 5.29. The molecule has 1 aliphatic carbocycles. The van der Waals surface area contributed by atoms with Crippen LogP contribution >= 0.6 is 0 Å². The van der Waals surface area contributed by atoms with Gasteiger partial charge in [0.1, 0.15) is 12.4 Å². The van der Waals surface area contributed by atoms with E-state index in [0.29, 0.717) is 18.5 Å². The summed E-state index contributed by atoms with van der Waals surface area (Å²) in [5, 5.41) is 11.6. The van der Waals surface area contributed by atoms with Gasteiger partial charge in [0.2, 0.25) is 0 Å². The summed E-state index contributed by atoms with van der Waals surface area (Å²) >= 11 is 0. The quantitative estimate of drug-likeness (QED) is 0.456. The van der Waals surface area contributed by atoms with Gasteiger partial charge in [0.25, 0.3) is 0 Å². The Labute approximate surface area is 191 Å². The number of carbonyl (C=O) groups excluding carboxylic acids is 1. The molecule has 0 saturated heterocycles. The number of aliphatic carboxylic acids is 1. The largest absolute Gasteiger partial charge is 0.481 e. The molecule has 0 aromatic heterocycles. The number of halogens is 1. The van der Waals surface area contributed by atoms with Gasteiger partial charge in [-0.15, -0.1) is 0 Å². The van der Waals surface area contributed by atoms with Gasteiger partial charge in [-0.1, -0.05) is 66.7 Å². The molecule has 0 atom stereocenters. The Morgan fingerprint density at radius 3 is 2.33 bits per heavy atom. The number of rotatable bonds is 8. The van der Waals surface area contributed by atoms with Gasteiger partial charge in [-0.2, -0.15) is 0 Å². The van der Waals surface area contributed by atoms with E-state index in [2.05, 4.69) is 29.6 Å². The molecule has 0 fully saturated rings. The number of fused-ring (bicyclic) bond motifs is 3. The van der Waals surface area contributed by atoms with Crippen molar-refractivity contribution in [1.82, 2.24) is 5.32 Å². The van der Waals surface area contributed by atoms with E-state index < -0.39 is 17.9 Å². The molecule has 0 saturated carbocycles. The first-order valence-electron chi connectivity index (χ1n) is 10.8. The fourth-order valence-electron chi connectivity index (χ4n) is 4.12. The molecule has 1 amide bonds. The first-order valence-corrected chi connectivity index (χ1v) is 10.8. The highest BCUT2D eigenvalue weighted by Gasteiger charge is 2.28. The van der Waals surface area contributed by atoms with Crippen LogP contribution in [0.15, 0.2) is 72.8 Å². The lowest BCUT2D eigenvalue weighted by Crippen LogP contribution is -2.26. The van der Waals surface area contributed by atoms with Gasteiger partial charge in [-0.05, 0) is 51.9 Å². The van der Waals surface area contributed by atoms with Gasteiger partial charge in [0, 0.05) is 12.5 Å². The van der Waals surface area contributed by atoms with Crippen molar-refractivity contribution in [3.63, 3.8) is 0 Å². The van der Waals surface area contributed by atoms with E-state index in [1.807, 2.05) is 30.3 Å². The van der Waals surface area contributed by atoms with E-state index in [0.717, 1.165) is 11.1 Å². The van der Waals surface area contributed by atoms with Crippen molar-refractivity contribution >= 4 is 18.1 Å². The number of nitrogens with one attached hydrogen (secondary N) is 1. The molecule has 0 unspecified atom stereocenters. The van der Waals surface area contributed by atoms with Gasteiger partial charge < -0.3 is 15.2 Å². The van der Waals surface area contributed by atoms with Gasteiger partial charge in [-0.3, -0.25) is 4.79 Å². The Bertz CT molecular complexity index is 1160. The Morgan fingerprint density at radius 2 is 1.67 bits per heavy atom. The predicted molar refractivity (Wildman–Crippen MR) is 124 cm³/mol. The molecule has 0 aliphatic heterocycles. The third-order valence-electron chi connectivity index (χ3n) is 5.65. The predicted octanol–water partition coefficient (Wildman–Crippen LogP) is 5.39. The molecule has 0 heterocycles. The van der Waals surface area contributed by atoms with Crippen molar-refractivity contribution in [2.24, 2.45) is 0 Å². The lowest BCUT2D eigenvalue weighted by molar-refractivity contribution is -0.136. The zero-order valence-corrected chi connectivity index (χ0v) is 18.0. The first kappa shape index (κ1) is 22.3. The van der Waals surface area contributed by atoms with E-state index in [1.165, 1.54) is 23.3 Å². The third-order valence-corrected chi connectivity index (χ3v) is 5.65. The molecule has 3 aromatic rings. The first-order chi connectivity index (χ1) is 16.0. The Balaban J connectivity index is 1.26. The molecule has 0 bridgehead atoms. The standard InChI is InChI=1S/C27H24FNO4/c28-25-13-12-18(15-19(25)16-26(30)31)7-5-6-14-29-27(32)33-17-24-22-10-3-1-8-20(22)21-9-2-4-11-23(21)24/h1-5,7-13,15,24H,6,14,16-17H2,(H,29,32)(H,30,31). The summed E-state index contributed by atoms with van der Waals surface area (Å²) in [4.78, 5) is 23.0. The number of ether oxygens (including phenoxy) is 1. The Morgan fingerprint density at radius 1 is 1.00 bits per heavy atom. The highest BCUT2D eigenvalue weighted by molar-refractivity contribution is 5.79. The van der Waals surface area contributed by atoms with Crippen LogP contribution < -0.4 is 5.32 Å².